The third-order valence-corrected chi connectivity index (χ3v) is 3.02. The molecular formula is C16H22O3. The Balaban J connectivity index is 2.67. The summed E-state index contributed by atoms with van der Waals surface area (Å²) >= 11 is 0. The van der Waals surface area contributed by atoms with E-state index in [0.29, 0.717) is 23.5 Å². The van der Waals surface area contributed by atoms with E-state index in [1.54, 1.807) is 26.4 Å². The van der Waals surface area contributed by atoms with Gasteiger partial charge in [-0.25, -0.2) is 0 Å². The number of hydrogen-bond donors (Lipinski definition) is 0. The standard InChI is InChI=1S/C16H22O3/c1-4-5-6-7-8-10-13(17)16-14(18-2)11-9-12-15(16)19-3/h4,9,11-12H,1,5-8,10H2,2-3H3. The van der Waals surface area contributed by atoms with Crippen molar-refractivity contribution in [3.05, 3.63) is 36.4 Å². The second-order valence-corrected chi connectivity index (χ2v) is 4.35. The van der Waals surface area contributed by atoms with Crippen LogP contribution in [0.25, 0.3) is 0 Å². The van der Waals surface area contributed by atoms with Gasteiger partial charge >= 0.3 is 0 Å². The quantitative estimate of drug-likeness (QED) is 0.383. The Hall–Kier alpha value is -1.77. The van der Waals surface area contributed by atoms with Crippen LogP contribution in [0.2, 0.25) is 0 Å². The van der Waals surface area contributed by atoms with Crippen LogP contribution in [-0.4, -0.2) is 20.0 Å². The molecule has 3 heteroatoms. The average molecular weight is 262 g/mol. The predicted octanol–water partition coefficient (Wildman–Crippen LogP) is 4.02. The number of hydrogen-bond acceptors (Lipinski definition) is 3. The summed E-state index contributed by atoms with van der Waals surface area (Å²) in [4.78, 5) is 12.3. The molecule has 0 radical (unpaired) electrons. The lowest BCUT2D eigenvalue weighted by atomic mass is 10.0. The summed E-state index contributed by atoms with van der Waals surface area (Å²) in [5, 5.41) is 0. The molecule has 0 aromatic heterocycles. The van der Waals surface area contributed by atoms with Crippen molar-refractivity contribution >= 4 is 5.78 Å². The largest absolute Gasteiger partial charge is 0.496 e. The molecule has 0 aliphatic heterocycles. The van der Waals surface area contributed by atoms with Gasteiger partial charge in [-0.1, -0.05) is 18.6 Å². The van der Waals surface area contributed by atoms with E-state index < -0.39 is 0 Å². The molecule has 0 amide bonds. The Morgan fingerprint density at radius 1 is 1.16 bits per heavy atom. The predicted molar refractivity (Wildman–Crippen MR) is 77.2 cm³/mol. The van der Waals surface area contributed by atoms with Gasteiger partial charge in [-0.2, -0.15) is 0 Å². The van der Waals surface area contributed by atoms with Crippen LogP contribution in [0.1, 0.15) is 42.5 Å². The van der Waals surface area contributed by atoms with Gasteiger partial charge in [0.2, 0.25) is 0 Å². The van der Waals surface area contributed by atoms with E-state index in [1.165, 1.54) is 0 Å². The molecule has 0 bridgehead atoms. The minimum atomic E-state index is 0.0768. The first-order valence-corrected chi connectivity index (χ1v) is 6.59. The number of carbonyl (C=O) groups is 1. The third kappa shape index (κ3) is 4.43. The lowest BCUT2D eigenvalue weighted by Gasteiger charge is -2.11. The molecular weight excluding hydrogens is 240 g/mol. The van der Waals surface area contributed by atoms with Gasteiger partial charge in [0.25, 0.3) is 0 Å². The number of rotatable bonds is 9. The summed E-state index contributed by atoms with van der Waals surface area (Å²) in [7, 11) is 3.13. The molecule has 0 atom stereocenters. The number of Topliss-reactive ketones (excluding diaryl/α,β-unsaturated/α-hetero) is 1. The number of allylic oxidation sites excluding steroid dienone is 1. The smallest absolute Gasteiger partial charge is 0.170 e. The van der Waals surface area contributed by atoms with Gasteiger partial charge in [-0.15, -0.1) is 6.58 Å². The van der Waals surface area contributed by atoms with Crippen molar-refractivity contribution in [2.24, 2.45) is 0 Å². The monoisotopic (exact) mass is 262 g/mol. The van der Waals surface area contributed by atoms with E-state index in [9.17, 15) is 4.79 Å². The number of carbonyl (C=O) groups excluding carboxylic acids is 1. The molecule has 0 fully saturated rings. The number of benzene rings is 1. The van der Waals surface area contributed by atoms with Crippen molar-refractivity contribution in [2.75, 3.05) is 14.2 Å². The molecule has 1 aromatic rings. The lowest BCUT2D eigenvalue weighted by molar-refractivity contribution is 0.0973. The van der Waals surface area contributed by atoms with Crippen LogP contribution >= 0.6 is 0 Å². The van der Waals surface area contributed by atoms with Gasteiger partial charge in [0, 0.05) is 6.42 Å². The molecule has 0 saturated heterocycles. The Bertz CT molecular complexity index is 402. The first kappa shape index (κ1) is 15.3. The Morgan fingerprint density at radius 3 is 2.32 bits per heavy atom. The second kappa shape index (κ2) is 8.35. The number of ether oxygens (including phenoxy) is 2. The summed E-state index contributed by atoms with van der Waals surface area (Å²) in [5.74, 6) is 1.23. The fourth-order valence-electron chi connectivity index (χ4n) is 2.00. The van der Waals surface area contributed by atoms with E-state index in [4.69, 9.17) is 9.47 Å². The van der Waals surface area contributed by atoms with Gasteiger partial charge in [0.1, 0.15) is 17.1 Å². The summed E-state index contributed by atoms with van der Waals surface area (Å²) < 4.78 is 10.5. The number of ketones is 1. The van der Waals surface area contributed by atoms with E-state index in [2.05, 4.69) is 6.58 Å². The van der Waals surface area contributed by atoms with E-state index in [-0.39, 0.29) is 5.78 Å². The molecule has 0 N–H and O–H groups in total. The van der Waals surface area contributed by atoms with Crippen molar-refractivity contribution in [3.8, 4) is 11.5 Å². The highest BCUT2D eigenvalue weighted by Crippen LogP contribution is 2.29. The zero-order valence-electron chi connectivity index (χ0n) is 11.8. The molecule has 0 unspecified atom stereocenters. The van der Waals surface area contributed by atoms with Crippen LogP contribution in [0.15, 0.2) is 30.9 Å². The fourth-order valence-corrected chi connectivity index (χ4v) is 2.00. The maximum atomic E-state index is 12.3. The first-order valence-electron chi connectivity index (χ1n) is 6.59. The van der Waals surface area contributed by atoms with Gasteiger partial charge in [0.15, 0.2) is 5.78 Å². The topological polar surface area (TPSA) is 35.5 Å². The molecule has 1 aromatic carbocycles. The van der Waals surface area contributed by atoms with Crippen LogP contribution in [-0.2, 0) is 0 Å². The van der Waals surface area contributed by atoms with Crippen molar-refractivity contribution in [3.63, 3.8) is 0 Å². The normalized spacial score (nSPS) is 10.0. The average Bonchev–Trinajstić information content (AvgIpc) is 2.45. The fraction of sp³-hybridized carbons (Fsp3) is 0.438. The van der Waals surface area contributed by atoms with Crippen molar-refractivity contribution in [2.45, 2.75) is 32.1 Å². The summed E-state index contributed by atoms with van der Waals surface area (Å²) in [6.07, 6.45) is 6.44. The molecule has 1 rings (SSSR count). The van der Waals surface area contributed by atoms with Gasteiger partial charge in [-0.3, -0.25) is 4.79 Å². The molecule has 0 aliphatic rings. The lowest BCUT2D eigenvalue weighted by Crippen LogP contribution is -2.05. The van der Waals surface area contributed by atoms with E-state index in [0.717, 1.165) is 25.7 Å². The summed E-state index contributed by atoms with van der Waals surface area (Å²) in [6, 6.07) is 5.39. The molecule has 0 aliphatic carbocycles. The van der Waals surface area contributed by atoms with Crippen LogP contribution < -0.4 is 9.47 Å². The van der Waals surface area contributed by atoms with Gasteiger partial charge in [-0.05, 0) is 31.4 Å². The molecule has 0 saturated carbocycles. The minimum Gasteiger partial charge on any atom is -0.496 e. The zero-order chi connectivity index (χ0) is 14.1. The van der Waals surface area contributed by atoms with Crippen LogP contribution in [0.4, 0.5) is 0 Å². The third-order valence-electron chi connectivity index (χ3n) is 3.02. The van der Waals surface area contributed by atoms with Gasteiger partial charge < -0.3 is 9.47 Å². The van der Waals surface area contributed by atoms with Crippen LogP contribution in [0.5, 0.6) is 11.5 Å². The molecule has 19 heavy (non-hydrogen) atoms. The number of methoxy groups -OCH3 is 2. The van der Waals surface area contributed by atoms with E-state index in [1.807, 2.05) is 12.1 Å². The Morgan fingerprint density at radius 2 is 1.79 bits per heavy atom. The maximum Gasteiger partial charge on any atom is 0.170 e. The highest BCUT2D eigenvalue weighted by molar-refractivity contribution is 6.01. The van der Waals surface area contributed by atoms with Crippen LogP contribution in [0, 0.1) is 0 Å². The van der Waals surface area contributed by atoms with Crippen molar-refractivity contribution < 1.29 is 14.3 Å². The van der Waals surface area contributed by atoms with Crippen molar-refractivity contribution in [1.29, 1.82) is 0 Å². The number of unbranched alkanes of at least 4 members (excludes halogenated alkanes) is 3. The van der Waals surface area contributed by atoms with Crippen molar-refractivity contribution in [1.82, 2.24) is 0 Å². The first-order chi connectivity index (χ1) is 9.24. The maximum absolute atomic E-state index is 12.3. The highest BCUT2D eigenvalue weighted by atomic mass is 16.5. The minimum absolute atomic E-state index is 0.0768. The summed E-state index contributed by atoms with van der Waals surface area (Å²) in [6.45, 7) is 3.69. The molecule has 104 valence electrons. The van der Waals surface area contributed by atoms with Crippen LogP contribution in [0.3, 0.4) is 0 Å². The Labute approximate surface area is 115 Å². The molecule has 0 spiro atoms. The van der Waals surface area contributed by atoms with E-state index >= 15 is 0 Å². The highest BCUT2D eigenvalue weighted by Gasteiger charge is 2.17. The van der Waals surface area contributed by atoms with Gasteiger partial charge in [0.05, 0.1) is 14.2 Å². The second-order valence-electron chi connectivity index (χ2n) is 4.35. The Kier molecular flexibility index (Phi) is 6.72. The zero-order valence-corrected chi connectivity index (χ0v) is 11.8. The summed E-state index contributed by atoms with van der Waals surface area (Å²) in [5.41, 5.74) is 0.552. The molecule has 0 heterocycles. The molecule has 3 nitrogen and oxygen atoms in total. The SMILES string of the molecule is C=CCCCCCC(=O)c1c(OC)cccc1OC.